The van der Waals surface area contributed by atoms with E-state index >= 15 is 0 Å². The fourth-order valence-corrected chi connectivity index (χ4v) is 2.35. The van der Waals surface area contributed by atoms with Gasteiger partial charge in [-0.25, -0.2) is 4.98 Å². The molecule has 0 saturated heterocycles. The molecule has 18 heavy (non-hydrogen) atoms. The highest BCUT2D eigenvalue weighted by molar-refractivity contribution is 7.22. The number of nitrogens with zero attached hydrogens (tertiary/aromatic N) is 2. The van der Waals surface area contributed by atoms with Gasteiger partial charge in [0, 0.05) is 11.6 Å². The maximum absolute atomic E-state index is 11.9. The SMILES string of the molecule is CC(CC#N)NC(=O)c1ccc2nc(N)sc2c1. The zero-order valence-corrected chi connectivity index (χ0v) is 10.6. The van der Waals surface area contributed by atoms with E-state index < -0.39 is 0 Å². The van der Waals surface area contributed by atoms with Crippen molar-refractivity contribution in [1.82, 2.24) is 10.3 Å². The number of nitrogens with one attached hydrogen (secondary N) is 1. The zero-order chi connectivity index (χ0) is 13.1. The Morgan fingerprint density at radius 2 is 2.44 bits per heavy atom. The van der Waals surface area contributed by atoms with Crippen LogP contribution in [-0.4, -0.2) is 16.9 Å². The van der Waals surface area contributed by atoms with Crippen LogP contribution in [0.5, 0.6) is 0 Å². The van der Waals surface area contributed by atoms with Crippen molar-refractivity contribution in [2.75, 3.05) is 5.73 Å². The molecule has 0 radical (unpaired) electrons. The van der Waals surface area contributed by atoms with Gasteiger partial charge in [0.1, 0.15) is 0 Å². The van der Waals surface area contributed by atoms with Crippen LogP contribution in [0.15, 0.2) is 18.2 Å². The standard InChI is InChI=1S/C12H12N4OS/c1-7(4-5-13)15-11(17)8-2-3-9-10(6-8)18-12(14)16-9/h2-3,6-7H,4H2,1H3,(H2,14,16)(H,15,17). The number of hydrogen-bond acceptors (Lipinski definition) is 5. The Balaban J connectivity index is 2.20. The molecule has 0 aliphatic heterocycles. The minimum absolute atomic E-state index is 0.162. The number of nitriles is 1. The first-order valence-electron chi connectivity index (χ1n) is 5.44. The van der Waals surface area contributed by atoms with Crippen LogP contribution in [0.25, 0.3) is 10.2 Å². The van der Waals surface area contributed by atoms with Gasteiger partial charge in [-0.1, -0.05) is 11.3 Å². The second-order valence-corrected chi connectivity index (χ2v) is 5.03. The number of anilines is 1. The molecule has 5 nitrogen and oxygen atoms in total. The third kappa shape index (κ3) is 2.57. The number of rotatable bonds is 3. The van der Waals surface area contributed by atoms with Crippen LogP contribution in [0.1, 0.15) is 23.7 Å². The maximum atomic E-state index is 11.9. The van der Waals surface area contributed by atoms with Crippen molar-refractivity contribution < 1.29 is 4.79 Å². The number of aromatic nitrogens is 1. The fourth-order valence-electron chi connectivity index (χ4n) is 1.58. The molecular weight excluding hydrogens is 248 g/mol. The third-order valence-corrected chi connectivity index (χ3v) is 3.29. The average Bonchev–Trinajstić information content (AvgIpc) is 2.68. The Labute approximate surface area is 108 Å². The predicted octanol–water partition coefficient (Wildman–Crippen LogP) is 1.91. The Kier molecular flexibility index (Phi) is 3.44. The van der Waals surface area contributed by atoms with Gasteiger partial charge in [-0.15, -0.1) is 0 Å². The molecule has 0 aliphatic carbocycles. The molecule has 0 saturated carbocycles. The number of nitrogens with two attached hydrogens (primary N) is 1. The second-order valence-electron chi connectivity index (χ2n) is 3.97. The fraction of sp³-hybridized carbons (Fsp3) is 0.250. The van der Waals surface area contributed by atoms with Gasteiger partial charge in [0.25, 0.3) is 5.91 Å². The third-order valence-electron chi connectivity index (χ3n) is 2.44. The molecule has 2 aromatic rings. The highest BCUT2D eigenvalue weighted by Crippen LogP contribution is 2.24. The van der Waals surface area contributed by atoms with Crippen molar-refractivity contribution in [2.45, 2.75) is 19.4 Å². The summed E-state index contributed by atoms with van der Waals surface area (Å²) >= 11 is 1.35. The van der Waals surface area contributed by atoms with Gasteiger partial charge < -0.3 is 11.1 Å². The monoisotopic (exact) mass is 260 g/mol. The molecule has 0 spiro atoms. The molecule has 1 atom stereocenters. The number of carbonyl (C=O) groups excluding carboxylic acids is 1. The van der Waals surface area contributed by atoms with Crippen molar-refractivity contribution in [3.8, 4) is 6.07 Å². The smallest absolute Gasteiger partial charge is 0.251 e. The van der Waals surface area contributed by atoms with Crippen LogP contribution in [0.4, 0.5) is 5.13 Å². The van der Waals surface area contributed by atoms with Crippen molar-refractivity contribution in [3.05, 3.63) is 23.8 Å². The molecular formula is C12H12N4OS. The van der Waals surface area contributed by atoms with Crippen LogP contribution in [0, 0.1) is 11.3 Å². The molecule has 0 aliphatic rings. The lowest BCUT2D eigenvalue weighted by Gasteiger charge is -2.09. The van der Waals surface area contributed by atoms with E-state index in [0.717, 1.165) is 10.2 Å². The van der Waals surface area contributed by atoms with Gasteiger partial charge in [0.05, 0.1) is 22.7 Å². The van der Waals surface area contributed by atoms with Crippen LogP contribution in [0.2, 0.25) is 0 Å². The zero-order valence-electron chi connectivity index (χ0n) is 9.80. The Hall–Kier alpha value is -2.13. The lowest BCUT2D eigenvalue weighted by Crippen LogP contribution is -2.32. The predicted molar refractivity (Wildman–Crippen MR) is 71.2 cm³/mol. The molecule has 0 fully saturated rings. The molecule has 1 unspecified atom stereocenters. The van der Waals surface area contributed by atoms with Gasteiger partial charge in [0.15, 0.2) is 5.13 Å². The molecule has 1 aromatic carbocycles. The highest BCUT2D eigenvalue weighted by atomic mass is 32.1. The summed E-state index contributed by atoms with van der Waals surface area (Å²) in [6, 6.07) is 7.09. The lowest BCUT2D eigenvalue weighted by molar-refractivity contribution is 0.0941. The summed E-state index contributed by atoms with van der Waals surface area (Å²) < 4.78 is 0.882. The summed E-state index contributed by atoms with van der Waals surface area (Å²) in [5.41, 5.74) is 6.95. The number of benzene rings is 1. The molecule has 92 valence electrons. The number of thiazole rings is 1. The summed E-state index contributed by atoms with van der Waals surface area (Å²) in [4.78, 5) is 16.0. The topological polar surface area (TPSA) is 91.8 Å². The summed E-state index contributed by atoms with van der Waals surface area (Å²) in [5, 5.41) is 11.8. The van der Waals surface area contributed by atoms with Crippen LogP contribution in [0.3, 0.4) is 0 Å². The summed E-state index contributed by atoms with van der Waals surface area (Å²) in [6.07, 6.45) is 0.293. The molecule has 2 rings (SSSR count). The van der Waals surface area contributed by atoms with E-state index in [1.807, 2.05) is 6.07 Å². The largest absolute Gasteiger partial charge is 0.375 e. The van der Waals surface area contributed by atoms with Crippen molar-refractivity contribution in [2.24, 2.45) is 0 Å². The van der Waals surface area contributed by atoms with Gasteiger partial charge in [0.2, 0.25) is 0 Å². The highest BCUT2D eigenvalue weighted by Gasteiger charge is 2.11. The molecule has 1 heterocycles. The van der Waals surface area contributed by atoms with E-state index in [9.17, 15) is 4.79 Å². The number of fused-ring (bicyclic) bond motifs is 1. The van der Waals surface area contributed by atoms with Crippen molar-refractivity contribution >= 4 is 32.6 Å². The Morgan fingerprint density at radius 3 is 3.17 bits per heavy atom. The molecule has 1 amide bonds. The first kappa shape index (κ1) is 12.3. The van der Waals surface area contributed by atoms with Gasteiger partial charge in [-0.2, -0.15) is 5.26 Å². The van der Waals surface area contributed by atoms with E-state index in [2.05, 4.69) is 10.3 Å². The van der Waals surface area contributed by atoms with E-state index in [1.54, 1.807) is 25.1 Å². The number of amides is 1. The average molecular weight is 260 g/mol. The van der Waals surface area contributed by atoms with E-state index in [4.69, 9.17) is 11.0 Å². The van der Waals surface area contributed by atoms with Crippen molar-refractivity contribution in [3.63, 3.8) is 0 Å². The molecule has 6 heteroatoms. The first-order valence-corrected chi connectivity index (χ1v) is 6.25. The Morgan fingerprint density at radius 1 is 1.67 bits per heavy atom. The summed E-state index contributed by atoms with van der Waals surface area (Å²) in [7, 11) is 0. The molecule has 0 bridgehead atoms. The quantitative estimate of drug-likeness (QED) is 0.881. The number of hydrogen-bond donors (Lipinski definition) is 2. The minimum Gasteiger partial charge on any atom is -0.375 e. The summed E-state index contributed by atoms with van der Waals surface area (Å²) in [5.74, 6) is -0.188. The normalized spacial score (nSPS) is 12.0. The van der Waals surface area contributed by atoms with E-state index in [-0.39, 0.29) is 11.9 Å². The number of nitrogen functional groups attached to an aromatic ring is 1. The minimum atomic E-state index is -0.188. The van der Waals surface area contributed by atoms with Gasteiger partial charge in [-0.3, -0.25) is 4.79 Å². The van der Waals surface area contributed by atoms with Crippen LogP contribution in [-0.2, 0) is 0 Å². The molecule has 3 N–H and O–H groups in total. The van der Waals surface area contributed by atoms with Crippen LogP contribution < -0.4 is 11.1 Å². The Bertz CT molecular complexity index is 629. The van der Waals surface area contributed by atoms with E-state index in [1.165, 1.54) is 11.3 Å². The van der Waals surface area contributed by atoms with E-state index in [0.29, 0.717) is 17.1 Å². The molecule has 1 aromatic heterocycles. The van der Waals surface area contributed by atoms with Crippen molar-refractivity contribution in [1.29, 1.82) is 5.26 Å². The van der Waals surface area contributed by atoms with Gasteiger partial charge >= 0.3 is 0 Å². The number of carbonyl (C=O) groups is 1. The van der Waals surface area contributed by atoms with Crippen LogP contribution >= 0.6 is 11.3 Å². The first-order chi connectivity index (χ1) is 8.60. The summed E-state index contributed by atoms with van der Waals surface area (Å²) in [6.45, 7) is 1.80. The maximum Gasteiger partial charge on any atom is 0.251 e. The van der Waals surface area contributed by atoms with Gasteiger partial charge in [-0.05, 0) is 25.1 Å². The lowest BCUT2D eigenvalue weighted by atomic mass is 10.2. The second kappa shape index (κ2) is 5.02.